The molecule has 0 aromatic rings. The van der Waals surface area contributed by atoms with Crippen LogP contribution >= 0.6 is 0 Å². The maximum absolute atomic E-state index is 12.7. The Bertz CT molecular complexity index is 983. The van der Waals surface area contributed by atoms with Gasteiger partial charge in [-0.05, 0) is 6.42 Å². The highest BCUT2D eigenvalue weighted by atomic mass is 32.2. The molecule has 5 atom stereocenters. The fourth-order valence-electron chi connectivity index (χ4n) is 5.23. The molecule has 0 aromatic carbocycles. The Morgan fingerprint density at radius 3 is 1.49 bits per heavy atom. The van der Waals surface area contributed by atoms with Gasteiger partial charge in [0.1, 0.15) is 12.7 Å². The van der Waals surface area contributed by atoms with E-state index in [1.165, 1.54) is 71.1 Å². The van der Waals surface area contributed by atoms with Crippen LogP contribution in [0.3, 0.4) is 0 Å². The number of rotatable bonds is 24. The fourth-order valence-corrected chi connectivity index (χ4v) is 6.43. The largest absolute Gasteiger partial charge is 0.463 e. The van der Waals surface area contributed by atoms with Crippen molar-refractivity contribution in [1.82, 2.24) is 0 Å². The molecule has 0 N–H and O–H groups in total. The van der Waals surface area contributed by atoms with Crippen molar-refractivity contribution in [3.8, 4) is 0 Å². The Balaban J connectivity index is 2.58. The summed E-state index contributed by atoms with van der Waals surface area (Å²) in [6.45, 7) is 6.07. The lowest BCUT2D eigenvalue weighted by Crippen LogP contribution is -2.63. The lowest BCUT2D eigenvalue weighted by atomic mass is 9.98. The number of ether oxygens (including phenoxy) is 6. The third-order valence-electron chi connectivity index (χ3n) is 7.43. The van der Waals surface area contributed by atoms with Crippen LogP contribution in [0.15, 0.2) is 0 Å². The predicted molar refractivity (Wildman–Crippen MR) is 167 cm³/mol. The first kappa shape index (κ1) is 40.8. The number of esters is 4. The van der Waals surface area contributed by atoms with E-state index in [2.05, 4.69) is 6.92 Å². The van der Waals surface area contributed by atoms with Gasteiger partial charge in [-0.3, -0.25) is 19.2 Å². The summed E-state index contributed by atoms with van der Waals surface area (Å²) < 4.78 is 57.9. The van der Waals surface area contributed by atoms with Gasteiger partial charge in [0.25, 0.3) is 0 Å². The van der Waals surface area contributed by atoms with E-state index >= 15 is 0 Å². The normalized spacial score (nSPS) is 21.6. The predicted octanol–water partition coefficient (Wildman–Crippen LogP) is 4.98. The van der Waals surface area contributed by atoms with Crippen molar-refractivity contribution in [3.63, 3.8) is 0 Å². The van der Waals surface area contributed by atoms with Gasteiger partial charge >= 0.3 is 23.9 Å². The molecule has 45 heavy (non-hydrogen) atoms. The van der Waals surface area contributed by atoms with Gasteiger partial charge in [0.15, 0.2) is 34.4 Å². The van der Waals surface area contributed by atoms with E-state index in [1.54, 1.807) is 0 Å². The van der Waals surface area contributed by atoms with E-state index in [-0.39, 0.29) is 18.1 Å². The highest BCUT2D eigenvalue weighted by molar-refractivity contribution is 7.91. The van der Waals surface area contributed by atoms with Crippen LogP contribution in [0, 0.1) is 0 Å². The monoisotopic (exact) mass is 664 g/mol. The van der Waals surface area contributed by atoms with Crippen LogP contribution in [-0.2, 0) is 57.4 Å². The Kier molecular flexibility index (Phi) is 21.0. The van der Waals surface area contributed by atoms with Gasteiger partial charge in [-0.2, -0.15) is 0 Å². The topological polar surface area (TPSA) is 158 Å². The zero-order chi connectivity index (χ0) is 33.7. The molecule has 1 saturated heterocycles. The molecule has 0 radical (unpaired) electrons. The average Bonchev–Trinajstić information content (AvgIpc) is 2.94. The van der Waals surface area contributed by atoms with Gasteiger partial charge in [-0.25, -0.2) is 8.42 Å². The molecule has 1 aliphatic rings. The third-order valence-corrected chi connectivity index (χ3v) is 9.13. The minimum absolute atomic E-state index is 0.0208. The second-order valence-electron chi connectivity index (χ2n) is 11.7. The molecule has 1 fully saturated rings. The first-order valence-corrected chi connectivity index (χ1v) is 18.3. The first-order valence-electron chi connectivity index (χ1n) is 16.5. The summed E-state index contributed by atoms with van der Waals surface area (Å²) in [4.78, 5) is 47.1. The Morgan fingerprint density at radius 2 is 1.02 bits per heavy atom. The Morgan fingerprint density at radius 1 is 0.578 bits per heavy atom. The minimum Gasteiger partial charge on any atom is -0.463 e. The highest BCUT2D eigenvalue weighted by Crippen LogP contribution is 2.30. The number of carbonyl (C=O) groups excluding carboxylic acids is 4. The molecule has 1 aliphatic heterocycles. The fraction of sp³-hybridized carbons (Fsp3) is 0.875. The zero-order valence-corrected chi connectivity index (χ0v) is 28.7. The molecule has 1 rings (SSSR count). The maximum atomic E-state index is 12.7. The summed E-state index contributed by atoms with van der Waals surface area (Å²) in [7, 11) is -3.45. The SMILES string of the molecule is CCCCCCCCCCCCCCCCS(=O)(=O)CCO[C@H]1O[C@H](COC(C)=O)[C@@H](OC(C)=O)[C@H](OC(C)=O)[C@H]1OC(C)=O. The van der Waals surface area contributed by atoms with Gasteiger partial charge in [0.2, 0.25) is 0 Å². The van der Waals surface area contributed by atoms with Crippen molar-refractivity contribution in [3.05, 3.63) is 0 Å². The molecule has 262 valence electrons. The van der Waals surface area contributed by atoms with Crippen molar-refractivity contribution in [1.29, 1.82) is 0 Å². The average molecular weight is 665 g/mol. The lowest BCUT2D eigenvalue weighted by molar-refractivity contribution is -0.307. The van der Waals surface area contributed by atoms with E-state index in [4.69, 9.17) is 28.4 Å². The molecule has 0 unspecified atom stereocenters. The van der Waals surface area contributed by atoms with Gasteiger partial charge in [0.05, 0.1) is 18.1 Å². The van der Waals surface area contributed by atoms with Crippen LogP contribution in [0.5, 0.6) is 0 Å². The van der Waals surface area contributed by atoms with Gasteiger partial charge in [-0.15, -0.1) is 0 Å². The molecule has 1 heterocycles. The smallest absolute Gasteiger partial charge is 0.303 e. The van der Waals surface area contributed by atoms with Crippen LogP contribution in [0.4, 0.5) is 0 Å². The Labute approximate surface area is 269 Å². The molecule has 0 spiro atoms. The maximum Gasteiger partial charge on any atom is 0.303 e. The molecule has 0 amide bonds. The molecule has 0 bridgehead atoms. The second-order valence-corrected chi connectivity index (χ2v) is 14.0. The van der Waals surface area contributed by atoms with Crippen LogP contribution in [0.2, 0.25) is 0 Å². The molecule has 0 aromatic heterocycles. The van der Waals surface area contributed by atoms with Gasteiger partial charge in [0, 0.05) is 27.7 Å². The summed E-state index contributed by atoms with van der Waals surface area (Å²) in [5.41, 5.74) is 0. The molecule has 12 nitrogen and oxygen atoms in total. The number of sulfone groups is 1. The summed E-state index contributed by atoms with van der Waals surface area (Å²) in [5.74, 6) is -3.20. The minimum atomic E-state index is -3.45. The van der Waals surface area contributed by atoms with E-state index in [9.17, 15) is 27.6 Å². The van der Waals surface area contributed by atoms with E-state index in [0.29, 0.717) is 6.42 Å². The summed E-state index contributed by atoms with van der Waals surface area (Å²) in [6, 6.07) is 0. The third kappa shape index (κ3) is 19.1. The van der Waals surface area contributed by atoms with Crippen LogP contribution in [0.1, 0.15) is 125 Å². The summed E-state index contributed by atoms with van der Waals surface area (Å²) >= 11 is 0. The highest BCUT2D eigenvalue weighted by Gasteiger charge is 2.52. The van der Waals surface area contributed by atoms with E-state index < -0.39 is 71.0 Å². The first-order chi connectivity index (χ1) is 21.4. The van der Waals surface area contributed by atoms with Crippen LogP contribution < -0.4 is 0 Å². The van der Waals surface area contributed by atoms with Crippen molar-refractivity contribution in [2.75, 3.05) is 24.7 Å². The summed E-state index contributed by atoms with van der Waals surface area (Å²) in [6.07, 6.45) is 9.77. The van der Waals surface area contributed by atoms with Crippen molar-refractivity contribution >= 4 is 33.7 Å². The molecule has 0 aliphatic carbocycles. The van der Waals surface area contributed by atoms with E-state index in [1.807, 2.05) is 0 Å². The lowest BCUT2D eigenvalue weighted by Gasteiger charge is -2.44. The molecular weight excluding hydrogens is 608 g/mol. The second kappa shape index (κ2) is 23.1. The Hall–Kier alpha value is -2.25. The van der Waals surface area contributed by atoms with Crippen LogP contribution in [-0.4, -0.2) is 87.7 Å². The summed E-state index contributed by atoms with van der Waals surface area (Å²) in [5, 5.41) is 0. The standard InChI is InChI=1S/C32H56O12S/c1-6-7-8-9-10-11-12-13-14-15-16-17-18-19-21-45(37,38)22-20-39-32-31(43-27(5)36)30(42-26(4)35)29(41-25(3)34)28(44-32)23-40-24(2)33/h28-32H,6-23H2,1-5H3/t28-,29-,30+,31-,32+/m1/s1. The number of unbranched alkanes of at least 4 members (excludes halogenated alkanes) is 13. The number of hydrogen-bond acceptors (Lipinski definition) is 12. The van der Waals surface area contributed by atoms with Crippen molar-refractivity contribution in [2.24, 2.45) is 0 Å². The number of carbonyl (C=O) groups is 4. The van der Waals surface area contributed by atoms with Crippen molar-refractivity contribution < 1.29 is 56.0 Å². The quantitative estimate of drug-likeness (QED) is 0.0775. The molecule has 0 saturated carbocycles. The number of hydrogen-bond donors (Lipinski definition) is 0. The van der Waals surface area contributed by atoms with E-state index in [0.717, 1.165) is 40.0 Å². The van der Waals surface area contributed by atoms with Gasteiger partial charge in [-0.1, -0.05) is 90.4 Å². The van der Waals surface area contributed by atoms with Crippen LogP contribution in [0.25, 0.3) is 0 Å². The molecular formula is C32H56O12S. The zero-order valence-electron chi connectivity index (χ0n) is 27.9. The van der Waals surface area contributed by atoms with Gasteiger partial charge < -0.3 is 28.4 Å². The molecule has 13 heteroatoms. The van der Waals surface area contributed by atoms with Crippen molar-refractivity contribution in [2.45, 2.75) is 155 Å².